The molecule has 0 bridgehead atoms. The van der Waals surface area contributed by atoms with Crippen molar-refractivity contribution in [3.63, 3.8) is 0 Å². The molecule has 1 unspecified atom stereocenters. The van der Waals surface area contributed by atoms with Gasteiger partial charge in [0.15, 0.2) is 5.78 Å². The van der Waals surface area contributed by atoms with Gasteiger partial charge in [-0.3, -0.25) is 14.6 Å². The molecule has 1 N–H and O–H groups in total. The van der Waals surface area contributed by atoms with E-state index in [9.17, 15) is 9.59 Å². The van der Waals surface area contributed by atoms with Gasteiger partial charge in [-0.2, -0.15) is 5.26 Å². The second-order valence-corrected chi connectivity index (χ2v) is 5.80. The molecule has 1 aromatic heterocycles. The van der Waals surface area contributed by atoms with Crippen LogP contribution in [0.3, 0.4) is 0 Å². The number of hydrogen-bond donors (Lipinski definition) is 1. The normalized spacial score (nSPS) is 20.1. The summed E-state index contributed by atoms with van der Waals surface area (Å²) >= 11 is 0. The van der Waals surface area contributed by atoms with Crippen molar-refractivity contribution in [1.29, 1.82) is 5.26 Å². The van der Waals surface area contributed by atoms with E-state index >= 15 is 0 Å². The molecule has 5 nitrogen and oxygen atoms in total. The first-order chi connectivity index (χ1) is 11.2. The first-order valence-corrected chi connectivity index (χ1v) is 7.75. The molecule has 23 heavy (non-hydrogen) atoms. The molecule has 0 spiro atoms. The van der Waals surface area contributed by atoms with Gasteiger partial charge in [0.1, 0.15) is 0 Å². The number of aromatic nitrogens is 1. The van der Waals surface area contributed by atoms with Crippen LogP contribution in [0.15, 0.2) is 36.5 Å². The molecular formula is C18H17N3O2. The lowest BCUT2D eigenvalue weighted by atomic mass is 9.93. The third-order valence-electron chi connectivity index (χ3n) is 4.41. The Kier molecular flexibility index (Phi) is 4.33. The monoisotopic (exact) mass is 307 g/mol. The highest BCUT2D eigenvalue weighted by Crippen LogP contribution is 2.31. The Bertz CT molecular complexity index is 789. The summed E-state index contributed by atoms with van der Waals surface area (Å²) in [5, 5.41) is 12.5. The molecule has 1 aliphatic rings. The average molecular weight is 307 g/mol. The number of hydrogen-bond acceptors (Lipinski definition) is 4. The van der Waals surface area contributed by atoms with Gasteiger partial charge in [-0.25, -0.2) is 0 Å². The summed E-state index contributed by atoms with van der Waals surface area (Å²) in [7, 11) is 0. The summed E-state index contributed by atoms with van der Waals surface area (Å²) in [6.07, 6.45) is 4.00. The molecule has 1 aliphatic carbocycles. The number of ketones is 1. The minimum Gasteiger partial charge on any atom is -0.345 e. The van der Waals surface area contributed by atoms with Crippen LogP contribution in [0, 0.1) is 23.2 Å². The minimum atomic E-state index is -0.288. The van der Waals surface area contributed by atoms with Crippen LogP contribution in [0.4, 0.5) is 0 Å². The Labute approximate surface area is 134 Å². The van der Waals surface area contributed by atoms with Crippen LogP contribution in [0.2, 0.25) is 0 Å². The van der Waals surface area contributed by atoms with E-state index in [0.29, 0.717) is 5.56 Å². The van der Waals surface area contributed by atoms with Crippen LogP contribution in [0.1, 0.15) is 29.6 Å². The Morgan fingerprint density at radius 1 is 1.26 bits per heavy atom. The molecule has 1 fully saturated rings. The maximum atomic E-state index is 12.4. The van der Waals surface area contributed by atoms with E-state index in [1.807, 2.05) is 24.3 Å². The number of pyridine rings is 1. The average Bonchev–Trinajstić information content (AvgIpc) is 3.07. The van der Waals surface area contributed by atoms with Gasteiger partial charge in [-0.05, 0) is 25.0 Å². The highest BCUT2D eigenvalue weighted by Gasteiger charge is 2.32. The fraction of sp³-hybridized carbons (Fsp3) is 0.333. The standard InChI is InChI=1S/C18H17N3O2/c19-10-12-4-3-6-13(12)17(22)11-21-18(23)15-8-9-20-16-7-2-1-5-14(15)16/h1-2,5,7-9,12-13H,3-4,6,11H2,(H,21,23)/t12-,13?/m0/s1. The lowest BCUT2D eigenvalue weighted by molar-refractivity contribution is -0.122. The molecule has 3 rings (SSSR count). The number of amides is 1. The molecule has 0 aliphatic heterocycles. The Morgan fingerprint density at radius 3 is 2.91 bits per heavy atom. The quantitative estimate of drug-likeness (QED) is 0.940. The van der Waals surface area contributed by atoms with E-state index < -0.39 is 0 Å². The predicted molar refractivity (Wildman–Crippen MR) is 85.5 cm³/mol. The van der Waals surface area contributed by atoms with Crippen LogP contribution < -0.4 is 5.32 Å². The zero-order chi connectivity index (χ0) is 16.2. The van der Waals surface area contributed by atoms with Gasteiger partial charge >= 0.3 is 0 Å². The Hall–Kier alpha value is -2.74. The van der Waals surface area contributed by atoms with Gasteiger partial charge in [0, 0.05) is 17.5 Å². The van der Waals surface area contributed by atoms with Gasteiger partial charge in [0.25, 0.3) is 5.91 Å². The van der Waals surface area contributed by atoms with Crippen LogP contribution in [-0.2, 0) is 4.79 Å². The number of nitriles is 1. The van der Waals surface area contributed by atoms with Crippen LogP contribution in [-0.4, -0.2) is 23.2 Å². The van der Waals surface area contributed by atoms with Gasteiger partial charge in [-0.1, -0.05) is 24.6 Å². The van der Waals surface area contributed by atoms with Gasteiger partial charge in [0.2, 0.25) is 0 Å². The Morgan fingerprint density at radius 2 is 2.09 bits per heavy atom. The lowest BCUT2D eigenvalue weighted by Crippen LogP contribution is -2.34. The minimum absolute atomic E-state index is 0.0294. The van der Waals surface area contributed by atoms with Gasteiger partial charge in [-0.15, -0.1) is 0 Å². The van der Waals surface area contributed by atoms with Crippen molar-refractivity contribution >= 4 is 22.6 Å². The van der Waals surface area contributed by atoms with Crippen molar-refractivity contribution < 1.29 is 9.59 Å². The predicted octanol–water partition coefficient (Wildman–Crippen LogP) is 2.47. The summed E-state index contributed by atoms with van der Waals surface area (Å²) in [6, 6.07) is 11.2. The fourth-order valence-corrected chi connectivity index (χ4v) is 3.19. The van der Waals surface area contributed by atoms with Crippen molar-refractivity contribution in [1.82, 2.24) is 10.3 Å². The van der Waals surface area contributed by atoms with E-state index in [1.165, 1.54) is 0 Å². The second kappa shape index (κ2) is 6.57. The molecule has 0 radical (unpaired) electrons. The number of carbonyl (C=O) groups is 2. The summed E-state index contributed by atoms with van der Waals surface area (Å²) in [5.74, 6) is -0.792. The number of nitrogens with one attached hydrogen (secondary N) is 1. The molecule has 1 amide bonds. The third kappa shape index (κ3) is 3.07. The highest BCUT2D eigenvalue weighted by molar-refractivity contribution is 6.07. The number of benzene rings is 1. The molecule has 1 aromatic carbocycles. The largest absolute Gasteiger partial charge is 0.345 e. The Balaban J connectivity index is 1.70. The van der Waals surface area contributed by atoms with E-state index in [1.54, 1.807) is 12.3 Å². The highest BCUT2D eigenvalue weighted by atomic mass is 16.2. The first-order valence-electron chi connectivity index (χ1n) is 7.75. The second-order valence-electron chi connectivity index (χ2n) is 5.80. The van der Waals surface area contributed by atoms with E-state index in [2.05, 4.69) is 16.4 Å². The molecule has 1 heterocycles. The number of fused-ring (bicyclic) bond motifs is 1. The van der Waals surface area contributed by atoms with E-state index in [0.717, 1.165) is 30.2 Å². The molecule has 0 saturated heterocycles. The lowest BCUT2D eigenvalue weighted by Gasteiger charge is -2.13. The van der Waals surface area contributed by atoms with Crippen molar-refractivity contribution in [2.75, 3.05) is 6.54 Å². The summed E-state index contributed by atoms with van der Waals surface area (Å²) in [6.45, 7) is -0.0294. The first kappa shape index (κ1) is 15.2. The third-order valence-corrected chi connectivity index (χ3v) is 4.41. The van der Waals surface area contributed by atoms with E-state index in [-0.39, 0.29) is 30.1 Å². The van der Waals surface area contributed by atoms with Gasteiger partial charge in [0.05, 0.1) is 29.6 Å². The summed E-state index contributed by atoms with van der Waals surface area (Å²) < 4.78 is 0. The van der Waals surface area contributed by atoms with E-state index in [4.69, 9.17) is 5.26 Å². The van der Waals surface area contributed by atoms with Crippen molar-refractivity contribution in [2.24, 2.45) is 11.8 Å². The van der Waals surface area contributed by atoms with Crippen LogP contribution in [0.25, 0.3) is 10.9 Å². The molecule has 5 heteroatoms. The zero-order valence-electron chi connectivity index (χ0n) is 12.7. The molecule has 116 valence electrons. The van der Waals surface area contributed by atoms with Crippen molar-refractivity contribution in [3.05, 3.63) is 42.1 Å². The smallest absolute Gasteiger partial charge is 0.252 e. The molecule has 2 atom stereocenters. The number of carbonyl (C=O) groups excluding carboxylic acids is 2. The van der Waals surface area contributed by atoms with Crippen molar-refractivity contribution in [2.45, 2.75) is 19.3 Å². The molecule has 1 saturated carbocycles. The maximum Gasteiger partial charge on any atom is 0.252 e. The molecular weight excluding hydrogens is 290 g/mol. The fourth-order valence-electron chi connectivity index (χ4n) is 3.19. The summed E-state index contributed by atoms with van der Waals surface area (Å²) in [4.78, 5) is 28.8. The molecule has 2 aromatic rings. The number of rotatable bonds is 4. The topological polar surface area (TPSA) is 82.9 Å². The van der Waals surface area contributed by atoms with Crippen LogP contribution in [0.5, 0.6) is 0 Å². The number of para-hydroxylation sites is 1. The van der Waals surface area contributed by atoms with Crippen LogP contribution >= 0.6 is 0 Å². The SMILES string of the molecule is N#C[C@@H]1CCCC1C(=O)CNC(=O)c1ccnc2ccccc12. The number of nitrogens with zero attached hydrogens (tertiary/aromatic N) is 2. The maximum absolute atomic E-state index is 12.4. The summed E-state index contributed by atoms with van der Waals surface area (Å²) in [5.41, 5.74) is 1.25. The van der Waals surface area contributed by atoms with Crippen molar-refractivity contribution in [3.8, 4) is 6.07 Å². The number of Topliss-reactive ketones (excluding diaryl/α,β-unsaturated/α-hetero) is 1. The van der Waals surface area contributed by atoms with Gasteiger partial charge < -0.3 is 5.32 Å². The zero-order valence-corrected chi connectivity index (χ0v) is 12.7.